The molecule has 0 aliphatic carbocycles. The third kappa shape index (κ3) is 4.88. The summed E-state index contributed by atoms with van der Waals surface area (Å²) in [5.74, 6) is 1.59. The SMILES string of the molecule is O=C(CN1CCN(c2ccccn2)CC1)Nc1cccc(C2CCOCC2)c1. The molecule has 28 heavy (non-hydrogen) atoms. The Bertz CT molecular complexity index is 769. The second-order valence-corrected chi connectivity index (χ2v) is 7.51. The zero-order chi connectivity index (χ0) is 19.2. The van der Waals surface area contributed by atoms with Crippen molar-refractivity contribution in [2.45, 2.75) is 18.8 Å². The number of rotatable bonds is 5. The molecule has 3 heterocycles. The van der Waals surface area contributed by atoms with Gasteiger partial charge in [0.2, 0.25) is 5.91 Å². The number of pyridine rings is 1. The maximum Gasteiger partial charge on any atom is 0.238 e. The maximum absolute atomic E-state index is 12.5. The van der Waals surface area contributed by atoms with Crippen molar-refractivity contribution in [3.8, 4) is 0 Å². The number of amides is 1. The molecule has 4 rings (SSSR count). The standard InChI is InChI=1S/C22H28N4O2/c27-22(17-25-10-12-26(13-11-25)21-6-1-2-9-23-21)24-20-5-3-4-19(16-20)18-7-14-28-15-8-18/h1-6,9,16,18H,7-8,10-15,17H2,(H,24,27). The number of carbonyl (C=O) groups excluding carboxylic acids is 1. The van der Waals surface area contributed by atoms with Crippen LogP contribution in [-0.2, 0) is 9.53 Å². The zero-order valence-corrected chi connectivity index (χ0v) is 16.2. The monoisotopic (exact) mass is 380 g/mol. The summed E-state index contributed by atoms with van der Waals surface area (Å²) in [7, 11) is 0. The van der Waals surface area contributed by atoms with Crippen molar-refractivity contribution in [1.29, 1.82) is 0 Å². The predicted octanol–water partition coefficient (Wildman–Crippen LogP) is 2.74. The van der Waals surface area contributed by atoms with Crippen molar-refractivity contribution in [2.75, 3.05) is 56.2 Å². The Kier molecular flexibility index (Phi) is 6.19. The number of aromatic nitrogens is 1. The van der Waals surface area contributed by atoms with Gasteiger partial charge in [-0.15, -0.1) is 0 Å². The molecule has 0 bridgehead atoms. The summed E-state index contributed by atoms with van der Waals surface area (Å²) in [5, 5.41) is 3.07. The first-order valence-electron chi connectivity index (χ1n) is 10.1. The van der Waals surface area contributed by atoms with Crippen LogP contribution in [0, 0.1) is 0 Å². The summed E-state index contributed by atoms with van der Waals surface area (Å²) in [5.41, 5.74) is 2.19. The highest BCUT2D eigenvalue weighted by atomic mass is 16.5. The minimum Gasteiger partial charge on any atom is -0.381 e. The second-order valence-electron chi connectivity index (χ2n) is 7.51. The Balaban J connectivity index is 1.27. The van der Waals surface area contributed by atoms with Gasteiger partial charge in [0.1, 0.15) is 5.82 Å². The summed E-state index contributed by atoms with van der Waals surface area (Å²) in [4.78, 5) is 21.4. The summed E-state index contributed by atoms with van der Waals surface area (Å²) < 4.78 is 5.45. The van der Waals surface area contributed by atoms with Gasteiger partial charge < -0.3 is 15.0 Å². The molecule has 1 N–H and O–H groups in total. The first-order valence-corrected chi connectivity index (χ1v) is 10.1. The molecule has 1 amide bonds. The van der Waals surface area contributed by atoms with Crippen LogP contribution in [0.4, 0.5) is 11.5 Å². The molecule has 1 aromatic heterocycles. The average molecular weight is 380 g/mol. The number of nitrogens with zero attached hydrogens (tertiary/aromatic N) is 3. The van der Waals surface area contributed by atoms with E-state index < -0.39 is 0 Å². The third-order valence-electron chi connectivity index (χ3n) is 5.58. The number of hydrogen-bond acceptors (Lipinski definition) is 5. The summed E-state index contributed by atoms with van der Waals surface area (Å²) in [6.07, 6.45) is 3.93. The highest BCUT2D eigenvalue weighted by molar-refractivity contribution is 5.92. The topological polar surface area (TPSA) is 57.7 Å². The van der Waals surface area contributed by atoms with Crippen molar-refractivity contribution >= 4 is 17.4 Å². The highest BCUT2D eigenvalue weighted by Gasteiger charge is 2.20. The second kappa shape index (κ2) is 9.17. The van der Waals surface area contributed by atoms with Gasteiger partial charge in [0, 0.05) is 51.3 Å². The van der Waals surface area contributed by atoms with Crippen LogP contribution < -0.4 is 10.2 Å². The smallest absolute Gasteiger partial charge is 0.238 e. The lowest BCUT2D eigenvalue weighted by Crippen LogP contribution is -2.48. The lowest BCUT2D eigenvalue weighted by atomic mass is 9.91. The van der Waals surface area contributed by atoms with Gasteiger partial charge >= 0.3 is 0 Å². The molecule has 2 aliphatic rings. The van der Waals surface area contributed by atoms with Crippen LogP contribution in [-0.4, -0.2) is 61.7 Å². The van der Waals surface area contributed by atoms with E-state index in [0.29, 0.717) is 12.5 Å². The van der Waals surface area contributed by atoms with E-state index in [1.54, 1.807) is 0 Å². The summed E-state index contributed by atoms with van der Waals surface area (Å²) in [6.45, 7) is 5.60. The van der Waals surface area contributed by atoms with Crippen LogP contribution in [0.1, 0.15) is 24.3 Å². The lowest BCUT2D eigenvalue weighted by Gasteiger charge is -2.34. The van der Waals surface area contributed by atoms with Crippen LogP contribution in [0.5, 0.6) is 0 Å². The third-order valence-corrected chi connectivity index (χ3v) is 5.58. The summed E-state index contributed by atoms with van der Waals surface area (Å²) >= 11 is 0. The first-order chi connectivity index (χ1) is 13.8. The minimum absolute atomic E-state index is 0.0513. The number of ether oxygens (including phenoxy) is 1. The Morgan fingerprint density at radius 1 is 1.07 bits per heavy atom. The van der Waals surface area contributed by atoms with Crippen LogP contribution in [0.15, 0.2) is 48.7 Å². The Morgan fingerprint density at radius 3 is 2.64 bits per heavy atom. The van der Waals surface area contributed by atoms with Gasteiger partial charge in [0.25, 0.3) is 0 Å². The minimum atomic E-state index is 0.0513. The Hall–Kier alpha value is -2.44. The predicted molar refractivity (Wildman–Crippen MR) is 111 cm³/mol. The van der Waals surface area contributed by atoms with Gasteiger partial charge in [-0.3, -0.25) is 9.69 Å². The fourth-order valence-corrected chi connectivity index (χ4v) is 3.98. The average Bonchev–Trinajstić information content (AvgIpc) is 2.76. The molecule has 0 spiro atoms. The number of carbonyl (C=O) groups is 1. The van der Waals surface area contributed by atoms with E-state index in [1.807, 2.05) is 36.5 Å². The van der Waals surface area contributed by atoms with Gasteiger partial charge in [-0.05, 0) is 48.6 Å². The van der Waals surface area contributed by atoms with E-state index in [0.717, 1.165) is 63.7 Å². The van der Waals surface area contributed by atoms with Gasteiger partial charge in [-0.2, -0.15) is 0 Å². The van der Waals surface area contributed by atoms with Crippen LogP contribution in [0.2, 0.25) is 0 Å². The van der Waals surface area contributed by atoms with Crippen LogP contribution >= 0.6 is 0 Å². The van der Waals surface area contributed by atoms with Crippen LogP contribution in [0.25, 0.3) is 0 Å². The lowest BCUT2D eigenvalue weighted by molar-refractivity contribution is -0.117. The van der Waals surface area contributed by atoms with E-state index in [2.05, 4.69) is 32.2 Å². The molecular formula is C22H28N4O2. The van der Waals surface area contributed by atoms with Gasteiger partial charge in [0.05, 0.1) is 6.54 Å². The summed E-state index contributed by atoms with van der Waals surface area (Å²) in [6, 6.07) is 14.3. The molecule has 148 valence electrons. The molecule has 6 nitrogen and oxygen atoms in total. The maximum atomic E-state index is 12.5. The molecule has 0 radical (unpaired) electrons. The van der Waals surface area contributed by atoms with Crippen molar-refractivity contribution in [3.63, 3.8) is 0 Å². The quantitative estimate of drug-likeness (QED) is 0.864. The largest absolute Gasteiger partial charge is 0.381 e. The van der Waals surface area contributed by atoms with E-state index in [9.17, 15) is 4.79 Å². The molecule has 0 saturated carbocycles. The van der Waals surface area contributed by atoms with Crippen molar-refractivity contribution in [1.82, 2.24) is 9.88 Å². The molecule has 6 heteroatoms. The number of nitrogens with one attached hydrogen (secondary N) is 1. The van der Waals surface area contributed by atoms with Crippen molar-refractivity contribution in [2.24, 2.45) is 0 Å². The molecule has 2 aliphatic heterocycles. The van der Waals surface area contributed by atoms with Gasteiger partial charge in [0.15, 0.2) is 0 Å². The van der Waals surface area contributed by atoms with E-state index >= 15 is 0 Å². The number of anilines is 2. The van der Waals surface area contributed by atoms with Crippen molar-refractivity contribution < 1.29 is 9.53 Å². The van der Waals surface area contributed by atoms with Crippen LogP contribution in [0.3, 0.4) is 0 Å². The van der Waals surface area contributed by atoms with Crippen molar-refractivity contribution in [3.05, 3.63) is 54.2 Å². The Labute approximate surface area is 166 Å². The number of hydrogen-bond donors (Lipinski definition) is 1. The van der Waals surface area contributed by atoms with E-state index in [1.165, 1.54) is 5.56 Å². The van der Waals surface area contributed by atoms with Gasteiger partial charge in [-0.1, -0.05) is 18.2 Å². The molecule has 0 atom stereocenters. The first kappa shape index (κ1) is 18.9. The Morgan fingerprint density at radius 2 is 1.89 bits per heavy atom. The highest BCUT2D eigenvalue weighted by Crippen LogP contribution is 2.28. The van der Waals surface area contributed by atoms with E-state index in [-0.39, 0.29) is 5.91 Å². The fourth-order valence-electron chi connectivity index (χ4n) is 3.98. The molecule has 1 aromatic carbocycles. The zero-order valence-electron chi connectivity index (χ0n) is 16.2. The molecular weight excluding hydrogens is 352 g/mol. The number of piperazine rings is 1. The van der Waals surface area contributed by atoms with E-state index in [4.69, 9.17) is 4.74 Å². The fraction of sp³-hybridized carbons (Fsp3) is 0.455. The molecule has 2 fully saturated rings. The molecule has 2 saturated heterocycles. The number of benzene rings is 1. The normalized spacial score (nSPS) is 18.8. The molecule has 2 aromatic rings. The molecule has 0 unspecified atom stereocenters. The van der Waals surface area contributed by atoms with Gasteiger partial charge in [-0.25, -0.2) is 4.98 Å².